The fraction of sp³-hybridized carbons (Fsp3) is 0.500. The average Bonchev–Trinajstić information content (AvgIpc) is 2.73. The van der Waals surface area contributed by atoms with Crippen LogP contribution in [0.15, 0.2) is 23.4 Å². The molecule has 0 bridgehead atoms. The lowest BCUT2D eigenvalue weighted by Gasteiger charge is -2.09. The zero-order chi connectivity index (χ0) is 14.7. The molecule has 2 aromatic rings. The van der Waals surface area contributed by atoms with E-state index in [2.05, 4.69) is 39.9 Å². The van der Waals surface area contributed by atoms with Crippen LogP contribution < -0.4 is 5.73 Å². The number of rotatable bonds is 4. The molecule has 2 N–H and O–H groups in total. The molecule has 0 atom stereocenters. The minimum Gasteiger partial charge on any atom is -0.326 e. The van der Waals surface area contributed by atoms with Crippen LogP contribution in [-0.2, 0) is 25.3 Å². The first-order valence-corrected chi connectivity index (χ1v) is 8.60. The first-order chi connectivity index (χ1) is 10.3. The third-order valence-electron chi connectivity index (χ3n) is 4.08. The zero-order valence-corrected chi connectivity index (χ0v) is 13.3. The lowest BCUT2D eigenvalue weighted by Crippen LogP contribution is -2.02. The van der Waals surface area contributed by atoms with E-state index in [1.807, 2.05) is 0 Å². The molecule has 0 amide bonds. The van der Waals surface area contributed by atoms with E-state index in [0.29, 0.717) is 6.54 Å². The number of nitrogens with zero attached hydrogens (tertiary/aromatic N) is 3. The molecule has 1 aliphatic rings. The molecule has 0 radical (unpaired) electrons. The van der Waals surface area contributed by atoms with Crippen LogP contribution in [0.2, 0.25) is 0 Å². The Hall–Kier alpha value is -1.33. The van der Waals surface area contributed by atoms with Crippen molar-refractivity contribution in [2.75, 3.05) is 0 Å². The van der Waals surface area contributed by atoms with Crippen LogP contribution in [0.4, 0.5) is 0 Å². The fourth-order valence-electron chi connectivity index (χ4n) is 2.75. The van der Waals surface area contributed by atoms with Gasteiger partial charge in [-0.3, -0.25) is 0 Å². The smallest absolute Gasteiger partial charge is 0.191 e. The topological polar surface area (TPSA) is 56.7 Å². The first kappa shape index (κ1) is 14.6. The van der Waals surface area contributed by atoms with Gasteiger partial charge in [0.25, 0.3) is 0 Å². The highest BCUT2D eigenvalue weighted by Crippen LogP contribution is 2.26. The summed E-state index contributed by atoms with van der Waals surface area (Å²) in [4.78, 5) is 0. The molecule has 0 fully saturated rings. The molecule has 0 unspecified atom stereocenters. The van der Waals surface area contributed by atoms with E-state index in [4.69, 9.17) is 5.73 Å². The summed E-state index contributed by atoms with van der Waals surface area (Å²) < 4.78 is 2.31. The monoisotopic (exact) mass is 302 g/mol. The summed E-state index contributed by atoms with van der Waals surface area (Å²) in [5.41, 5.74) is 9.53. The molecule has 0 saturated heterocycles. The second-order valence-corrected chi connectivity index (χ2v) is 6.56. The van der Waals surface area contributed by atoms with E-state index in [1.54, 1.807) is 11.8 Å². The Labute approximate surface area is 130 Å². The molecule has 1 aromatic carbocycles. The van der Waals surface area contributed by atoms with Crippen LogP contribution in [0.3, 0.4) is 0 Å². The van der Waals surface area contributed by atoms with Gasteiger partial charge in [-0.1, -0.05) is 36.4 Å². The van der Waals surface area contributed by atoms with Gasteiger partial charge in [-0.15, -0.1) is 10.2 Å². The maximum Gasteiger partial charge on any atom is 0.191 e. The molecule has 0 spiro atoms. The SMILES string of the molecule is Cc1cc(CN)ccc1CSc1nnc2n1CCCCC2. The molecule has 5 heteroatoms. The highest BCUT2D eigenvalue weighted by molar-refractivity contribution is 7.98. The number of aryl methyl sites for hydroxylation is 2. The van der Waals surface area contributed by atoms with E-state index < -0.39 is 0 Å². The van der Waals surface area contributed by atoms with Gasteiger partial charge in [0.15, 0.2) is 5.16 Å². The van der Waals surface area contributed by atoms with Crippen LogP contribution in [-0.4, -0.2) is 14.8 Å². The second kappa shape index (κ2) is 6.62. The molecule has 1 aliphatic heterocycles. The van der Waals surface area contributed by atoms with Crippen molar-refractivity contribution in [3.63, 3.8) is 0 Å². The Morgan fingerprint density at radius 3 is 2.95 bits per heavy atom. The van der Waals surface area contributed by atoms with Crippen LogP contribution >= 0.6 is 11.8 Å². The second-order valence-electron chi connectivity index (χ2n) is 5.61. The molecule has 0 saturated carbocycles. The van der Waals surface area contributed by atoms with Crippen molar-refractivity contribution in [2.24, 2.45) is 5.73 Å². The van der Waals surface area contributed by atoms with Crippen molar-refractivity contribution < 1.29 is 0 Å². The van der Waals surface area contributed by atoms with Crippen LogP contribution in [0.5, 0.6) is 0 Å². The molecular formula is C16H22N4S. The Morgan fingerprint density at radius 1 is 1.24 bits per heavy atom. The van der Waals surface area contributed by atoms with Gasteiger partial charge in [-0.25, -0.2) is 0 Å². The number of thioether (sulfide) groups is 1. The minimum absolute atomic E-state index is 0.603. The van der Waals surface area contributed by atoms with E-state index >= 15 is 0 Å². The van der Waals surface area contributed by atoms with Crippen molar-refractivity contribution in [1.82, 2.24) is 14.8 Å². The van der Waals surface area contributed by atoms with Gasteiger partial charge in [-0.2, -0.15) is 0 Å². The lowest BCUT2D eigenvalue weighted by atomic mass is 10.1. The molecule has 112 valence electrons. The van der Waals surface area contributed by atoms with Crippen molar-refractivity contribution in [1.29, 1.82) is 0 Å². The summed E-state index contributed by atoms with van der Waals surface area (Å²) >= 11 is 1.79. The van der Waals surface area contributed by atoms with Gasteiger partial charge in [0.1, 0.15) is 5.82 Å². The van der Waals surface area contributed by atoms with Crippen molar-refractivity contribution in [3.8, 4) is 0 Å². The average molecular weight is 302 g/mol. The Morgan fingerprint density at radius 2 is 2.14 bits per heavy atom. The number of hydrogen-bond acceptors (Lipinski definition) is 4. The van der Waals surface area contributed by atoms with Crippen molar-refractivity contribution in [3.05, 3.63) is 40.7 Å². The van der Waals surface area contributed by atoms with E-state index in [-0.39, 0.29) is 0 Å². The molecular weight excluding hydrogens is 280 g/mol. The standard InChI is InChI=1S/C16H22N4S/c1-12-9-13(10-17)6-7-14(12)11-21-16-19-18-15-5-3-2-4-8-20(15)16/h6-7,9H,2-5,8,10-11,17H2,1H3. The number of nitrogens with two attached hydrogens (primary N) is 1. The third kappa shape index (κ3) is 3.30. The summed E-state index contributed by atoms with van der Waals surface area (Å²) in [5, 5.41) is 9.79. The maximum absolute atomic E-state index is 5.68. The van der Waals surface area contributed by atoms with Gasteiger partial charge < -0.3 is 10.3 Å². The Balaban J connectivity index is 1.72. The quantitative estimate of drug-likeness (QED) is 0.882. The maximum atomic E-state index is 5.68. The normalized spacial score (nSPS) is 14.8. The van der Waals surface area contributed by atoms with Crippen LogP contribution in [0.1, 0.15) is 41.8 Å². The molecule has 3 rings (SSSR count). The Bertz CT molecular complexity index is 621. The molecule has 2 heterocycles. The van der Waals surface area contributed by atoms with Crippen molar-refractivity contribution >= 4 is 11.8 Å². The van der Waals surface area contributed by atoms with Gasteiger partial charge in [-0.05, 0) is 36.5 Å². The van der Waals surface area contributed by atoms with Crippen LogP contribution in [0, 0.1) is 6.92 Å². The molecule has 4 nitrogen and oxygen atoms in total. The van der Waals surface area contributed by atoms with Gasteiger partial charge >= 0.3 is 0 Å². The number of hydrogen-bond donors (Lipinski definition) is 1. The summed E-state index contributed by atoms with van der Waals surface area (Å²) in [6.07, 6.45) is 4.84. The van der Waals surface area contributed by atoms with E-state index in [0.717, 1.165) is 29.7 Å². The summed E-state index contributed by atoms with van der Waals surface area (Å²) in [6, 6.07) is 6.48. The summed E-state index contributed by atoms with van der Waals surface area (Å²) in [6.45, 7) is 3.82. The fourth-order valence-corrected chi connectivity index (χ4v) is 3.81. The third-order valence-corrected chi connectivity index (χ3v) is 5.09. The number of aromatic nitrogens is 3. The molecule has 1 aromatic heterocycles. The lowest BCUT2D eigenvalue weighted by molar-refractivity contribution is 0.591. The highest BCUT2D eigenvalue weighted by atomic mass is 32.2. The van der Waals surface area contributed by atoms with Crippen LogP contribution in [0.25, 0.3) is 0 Å². The van der Waals surface area contributed by atoms with E-state index in [9.17, 15) is 0 Å². The summed E-state index contributed by atoms with van der Waals surface area (Å²) in [7, 11) is 0. The first-order valence-electron chi connectivity index (χ1n) is 7.61. The molecule has 21 heavy (non-hydrogen) atoms. The molecule has 0 aliphatic carbocycles. The van der Waals surface area contributed by atoms with Crippen molar-refractivity contribution in [2.45, 2.75) is 56.6 Å². The predicted octanol–water partition coefficient (Wildman–Crippen LogP) is 3.06. The largest absolute Gasteiger partial charge is 0.326 e. The minimum atomic E-state index is 0.603. The van der Waals surface area contributed by atoms with Gasteiger partial charge in [0.2, 0.25) is 0 Å². The van der Waals surface area contributed by atoms with Gasteiger partial charge in [0.05, 0.1) is 0 Å². The number of benzene rings is 1. The number of fused-ring (bicyclic) bond motifs is 1. The Kier molecular flexibility index (Phi) is 4.60. The highest BCUT2D eigenvalue weighted by Gasteiger charge is 2.15. The van der Waals surface area contributed by atoms with E-state index in [1.165, 1.54) is 36.0 Å². The van der Waals surface area contributed by atoms with Gasteiger partial charge in [0, 0.05) is 25.3 Å². The summed E-state index contributed by atoms with van der Waals surface area (Å²) in [5.74, 6) is 2.10. The zero-order valence-electron chi connectivity index (χ0n) is 12.5. The predicted molar refractivity (Wildman–Crippen MR) is 86.2 cm³/mol.